The Morgan fingerprint density at radius 3 is 2.62 bits per heavy atom. The number of alkyl halides is 3. The van der Waals surface area contributed by atoms with Crippen molar-refractivity contribution in [1.29, 1.82) is 0 Å². The molecule has 0 bridgehead atoms. The van der Waals surface area contributed by atoms with E-state index in [1.165, 1.54) is 24.0 Å². The molecular formula is C16H19F3N2O3. The van der Waals surface area contributed by atoms with Gasteiger partial charge in [-0.25, -0.2) is 0 Å². The Labute approximate surface area is 137 Å². The van der Waals surface area contributed by atoms with Crippen LogP contribution in [0, 0.1) is 5.92 Å². The average molecular weight is 344 g/mol. The van der Waals surface area contributed by atoms with Gasteiger partial charge in [0.1, 0.15) is 0 Å². The van der Waals surface area contributed by atoms with Gasteiger partial charge in [-0.05, 0) is 17.7 Å². The number of rotatable bonds is 4. The lowest BCUT2D eigenvalue weighted by Crippen LogP contribution is -2.29. The van der Waals surface area contributed by atoms with Gasteiger partial charge in [0.25, 0.3) is 0 Å². The van der Waals surface area contributed by atoms with Crippen LogP contribution < -0.4 is 5.32 Å². The molecule has 0 radical (unpaired) electrons. The van der Waals surface area contributed by atoms with E-state index in [9.17, 15) is 27.9 Å². The van der Waals surface area contributed by atoms with Crippen molar-refractivity contribution in [3.8, 4) is 0 Å². The summed E-state index contributed by atoms with van der Waals surface area (Å²) in [5.74, 6) is -0.904. The number of halogens is 3. The molecule has 1 fully saturated rings. The largest absolute Gasteiger partial charge is 0.416 e. The van der Waals surface area contributed by atoms with Gasteiger partial charge in [-0.1, -0.05) is 12.1 Å². The fraction of sp³-hybridized carbons (Fsp3) is 0.500. The number of benzene rings is 1. The second-order valence-electron chi connectivity index (χ2n) is 5.93. The molecule has 1 saturated heterocycles. The van der Waals surface area contributed by atoms with Crippen molar-refractivity contribution in [3.63, 3.8) is 0 Å². The van der Waals surface area contributed by atoms with Crippen LogP contribution in [-0.2, 0) is 22.3 Å². The second kappa shape index (κ2) is 7.21. The Hall–Kier alpha value is -2.09. The quantitative estimate of drug-likeness (QED) is 0.871. The molecule has 5 nitrogen and oxygen atoms in total. The molecule has 1 aromatic carbocycles. The van der Waals surface area contributed by atoms with Crippen LogP contribution in [0.1, 0.15) is 24.5 Å². The predicted molar refractivity (Wildman–Crippen MR) is 79.7 cm³/mol. The molecule has 0 unspecified atom stereocenters. The SMILES string of the molecule is CC(=O)N1C[C@H](CC(=O)NCc2cccc(C(F)(F)F)c2)[C@@H](O)C1. The molecule has 0 aliphatic carbocycles. The highest BCUT2D eigenvalue weighted by Crippen LogP contribution is 2.29. The van der Waals surface area contributed by atoms with E-state index in [0.29, 0.717) is 12.1 Å². The van der Waals surface area contributed by atoms with Gasteiger partial charge < -0.3 is 15.3 Å². The first-order valence-corrected chi connectivity index (χ1v) is 7.53. The van der Waals surface area contributed by atoms with Crippen molar-refractivity contribution >= 4 is 11.8 Å². The maximum atomic E-state index is 12.6. The summed E-state index contributed by atoms with van der Waals surface area (Å²) in [6, 6.07) is 4.74. The molecule has 0 saturated carbocycles. The molecule has 2 rings (SSSR count). The zero-order chi connectivity index (χ0) is 17.9. The number of aliphatic hydroxyl groups excluding tert-OH is 1. The van der Waals surface area contributed by atoms with Crippen LogP contribution in [0.4, 0.5) is 13.2 Å². The minimum Gasteiger partial charge on any atom is -0.391 e. The third-order valence-corrected chi connectivity index (χ3v) is 4.04. The van der Waals surface area contributed by atoms with Crippen molar-refractivity contribution < 1.29 is 27.9 Å². The summed E-state index contributed by atoms with van der Waals surface area (Å²) in [7, 11) is 0. The molecule has 132 valence electrons. The minimum atomic E-state index is -4.43. The van der Waals surface area contributed by atoms with Crippen LogP contribution >= 0.6 is 0 Å². The molecule has 2 amide bonds. The fourth-order valence-electron chi connectivity index (χ4n) is 2.68. The van der Waals surface area contributed by atoms with E-state index in [0.717, 1.165) is 12.1 Å². The molecule has 1 heterocycles. The monoisotopic (exact) mass is 344 g/mol. The summed E-state index contributed by atoms with van der Waals surface area (Å²) >= 11 is 0. The maximum Gasteiger partial charge on any atom is 0.416 e. The number of nitrogens with zero attached hydrogens (tertiary/aromatic N) is 1. The van der Waals surface area contributed by atoms with Gasteiger partial charge in [0, 0.05) is 38.9 Å². The number of β-amino-alcohol motifs (C(OH)–C–C–N with tert-alkyl or cyclic N) is 1. The lowest BCUT2D eigenvalue weighted by Gasteiger charge is -2.14. The van der Waals surface area contributed by atoms with Crippen LogP contribution in [0.3, 0.4) is 0 Å². The highest BCUT2D eigenvalue weighted by Gasteiger charge is 2.34. The molecule has 0 aromatic heterocycles. The number of hydrogen-bond acceptors (Lipinski definition) is 3. The lowest BCUT2D eigenvalue weighted by atomic mass is 10.0. The van der Waals surface area contributed by atoms with Crippen LogP contribution in [0.15, 0.2) is 24.3 Å². The van der Waals surface area contributed by atoms with E-state index < -0.39 is 17.8 Å². The fourth-order valence-corrected chi connectivity index (χ4v) is 2.68. The van der Waals surface area contributed by atoms with E-state index in [2.05, 4.69) is 5.32 Å². The number of carbonyl (C=O) groups is 2. The van der Waals surface area contributed by atoms with Gasteiger partial charge in [0.05, 0.1) is 11.7 Å². The number of hydrogen-bond donors (Lipinski definition) is 2. The summed E-state index contributed by atoms with van der Waals surface area (Å²) < 4.78 is 37.9. The van der Waals surface area contributed by atoms with Crippen molar-refractivity contribution in [2.45, 2.75) is 32.2 Å². The van der Waals surface area contributed by atoms with Crippen molar-refractivity contribution in [2.75, 3.05) is 13.1 Å². The van der Waals surface area contributed by atoms with Gasteiger partial charge >= 0.3 is 6.18 Å². The van der Waals surface area contributed by atoms with Gasteiger partial charge in [-0.15, -0.1) is 0 Å². The van der Waals surface area contributed by atoms with Crippen LogP contribution in [0.2, 0.25) is 0 Å². The Kier molecular flexibility index (Phi) is 5.48. The number of likely N-dealkylation sites (tertiary alicyclic amines) is 1. The molecule has 1 aliphatic heterocycles. The number of amides is 2. The molecule has 24 heavy (non-hydrogen) atoms. The van der Waals surface area contributed by atoms with Gasteiger partial charge in [0.2, 0.25) is 11.8 Å². The highest BCUT2D eigenvalue weighted by molar-refractivity contribution is 5.77. The van der Waals surface area contributed by atoms with Crippen LogP contribution in [-0.4, -0.2) is 41.0 Å². The third kappa shape index (κ3) is 4.70. The Morgan fingerprint density at radius 2 is 2.04 bits per heavy atom. The van der Waals surface area contributed by atoms with Crippen molar-refractivity contribution in [2.24, 2.45) is 5.92 Å². The first-order chi connectivity index (χ1) is 11.2. The Balaban J connectivity index is 1.87. The lowest BCUT2D eigenvalue weighted by molar-refractivity contribution is -0.137. The summed E-state index contributed by atoms with van der Waals surface area (Å²) in [6.45, 7) is 1.86. The van der Waals surface area contributed by atoms with Gasteiger partial charge in [-0.3, -0.25) is 9.59 Å². The predicted octanol–water partition coefficient (Wildman–Crippen LogP) is 1.55. The third-order valence-electron chi connectivity index (χ3n) is 4.04. The van der Waals surface area contributed by atoms with E-state index >= 15 is 0 Å². The molecule has 1 aliphatic rings. The van der Waals surface area contributed by atoms with E-state index in [4.69, 9.17) is 0 Å². The first-order valence-electron chi connectivity index (χ1n) is 7.53. The molecule has 1 aromatic rings. The normalized spacial score (nSPS) is 21.0. The number of nitrogens with one attached hydrogen (secondary N) is 1. The summed E-state index contributed by atoms with van der Waals surface area (Å²) in [5, 5.41) is 12.4. The topological polar surface area (TPSA) is 69.6 Å². The number of carbonyl (C=O) groups excluding carboxylic acids is 2. The van der Waals surface area contributed by atoms with Crippen molar-refractivity contribution in [1.82, 2.24) is 10.2 Å². The van der Waals surface area contributed by atoms with E-state index in [1.807, 2.05) is 0 Å². The average Bonchev–Trinajstić information content (AvgIpc) is 2.86. The van der Waals surface area contributed by atoms with E-state index in [-0.39, 0.29) is 37.2 Å². The first kappa shape index (κ1) is 18.3. The van der Waals surface area contributed by atoms with Crippen LogP contribution in [0.25, 0.3) is 0 Å². The van der Waals surface area contributed by atoms with Crippen molar-refractivity contribution in [3.05, 3.63) is 35.4 Å². The summed E-state index contributed by atoms with van der Waals surface area (Å²) in [4.78, 5) is 24.7. The zero-order valence-electron chi connectivity index (χ0n) is 13.1. The standard InChI is InChI=1S/C16H19F3N2O3/c1-10(22)21-8-12(14(23)9-21)6-15(24)20-7-11-3-2-4-13(5-11)16(17,18)19/h2-5,12,14,23H,6-9H2,1H3,(H,20,24)/t12-,14-/m0/s1. The molecule has 2 N–H and O–H groups in total. The van der Waals surface area contributed by atoms with Gasteiger partial charge in [0.15, 0.2) is 0 Å². The second-order valence-corrected chi connectivity index (χ2v) is 5.93. The Bertz CT molecular complexity index is 619. The summed E-state index contributed by atoms with van der Waals surface area (Å²) in [6.07, 6.45) is -5.18. The highest BCUT2D eigenvalue weighted by atomic mass is 19.4. The van der Waals surface area contributed by atoms with Gasteiger partial charge in [-0.2, -0.15) is 13.2 Å². The van der Waals surface area contributed by atoms with E-state index in [1.54, 1.807) is 0 Å². The number of aliphatic hydroxyl groups is 1. The molecule has 2 atom stereocenters. The van der Waals surface area contributed by atoms with Crippen LogP contribution in [0.5, 0.6) is 0 Å². The molecular weight excluding hydrogens is 325 g/mol. The zero-order valence-corrected chi connectivity index (χ0v) is 13.1. The smallest absolute Gasteiger partial charge is 0.391 e. The molecule has 8 heteroatoms. The maximum absolute atomic E-state index is 12.6. The summed E-state index contributed by atoms with van der Waals surface area (Å²) in [5.41, 5.74) is -0.423. The molecule has 0 spiro atoms. The minimum absolute atomic E-state index is 0.0178. The Morgan fingerprint density at radius 1 is 1.33 bits per heavy atom.